The molecule has 92 valence electrons. The van der Waals surface area contributed by atoms with Crippen LogP contribution >= 0.6 is 0 Å². The highest BCUT2D eigenvalue weighted by atomic mass is 16.5. The van der Waals surface area contributed by atoms with Crippen molar-refractivity contribution in [1.29, 1.82) is 0 Å². The number of benzene rings is 1. The van der Waals surface area contributed by atoms with Crippen LogP contribution in [0.3, 0.4) is 0 Å². The topological polar surface area (TPSA) is 93.6 Å². The van der Waals surface area contributed by atoms with Gasteiger partial charge in [-0.3, -0.25) is 5.10 Å². The van der Waals surface area contributed by atoms with E-state index >= 15 is 0 Å². The van der Waals surface area contributed by atoms with Gasteiger partial charge in [0.1, 0.15) is 18.2 Å². The predicted octanol–water partition coefficient (Wildman–Crippen LogP) is 2.27. The molecule has 3 aromatic heterocycles. The highest BCUT2D eigenvalue weighted by Crippen LogP contribution is 2.29. The first kappa shape index (κ1) is 10.0. The number of hydrogen-bond acceptors (Lipinski definition) is 6. The van der Waals surface area contributed by atoms with Gasteiger partial charge in [0.2, 0.25) is 5.82 Å². The maximum atomic E-state index is 5.44. The molecule has 0 aliphatic heterocycles. The molecule has 1 aromatic carbocycles. The highest BCUT2D eigenvalue weighted by molar-refractivity contribution is 5.91. The fourth-order valence-electron chi connectivity index (χ4n) is 1.89. The van der Waals surface area contributed by atoms with E-state index in [1.54, 1.807) is 6.26 Å². The standard InChI is InChI=1S/C12H7N5O2/c1-2-4-9-7(3-1)8(5-18-9)12-15-11(17-19-12)10-13-6-14-16-10/h1-6H,(H,13,14,16). The Balaban J connectivity index is 1.85. The Morgan fingerprint density at radius 2 is 2.11 bits per heavy atom. The smallest absolute Gasteiger partial charge is 0.262 e. The van der Waals surface area contributed by atoms with Crippen molar-refractivity contribution in [2.45, 2.75) is 0 Å². The van der Waals surface area contributed by atoms with Gasteiger partial charge in [-0.1, -0.05) is 23.4 Å². The van der Waals surface area contributed by atoms with Crippen molar-refractivity contribution in [3.8, 4) is 23.1 Å². The summed E-state index contributed by atoms with van der Waals surface area (Å²) in [6, 6.07) is 7.65. The quantitative estimate of drug-likeness (QED) is 0.589. The van der Waals surface area contributed by atoms with E-state index in [-0.39, 0.29) is 0 Å². The lowest BCUT2D eigenvalue weighted by Gasteiger charge is -1.88. The maximum absolute atomic E-state index is 5.44. The molecule has 1 N–H and O–H groups in total. The summed E-state index contributed by atoms with van der Waals surface area (Å²) in [6.45, 7) is 0. The van der Waals surface area contributed by atoms with E-state index < -0.39 is 0 Å². The number of furan rings is 1. The minimum absolute atomic E-state index is 0.359. The zero-order valence-corrected chi connectivity index (χ0v) is 9.57. The fraction of sp³-hybridized carbons (Fsp3) is 0. The normalized spacial score (nSPS) is 11.2. The van der Waals surface area contributed by atoms with Gasteiger partial charge in [0.25, 0.3) is 5.89 Å². The lowest BCUT2D eigenvalue weighted by atomic mass is 10.2. The molecule has 0 unspecified atom stereocenters. The zero-order valence-electron chi connectivity index (χ0n) is 9.57. The molecule has 0 bridgehead atoms. The Hall–Kier alpha value is -2.96. The predicted molar refractivity (Wildman–Crippen MR) is 64.9 cm³/mol. The third-order valence-corrected chi connectivity index (χ3v) is 2.76. The molecular weight excluding hydrogens is 246 g/mol. The number of para-hydroxylation sites is 1. The number of rotatable bonds is 2. The van der Waals surface area contributed by atoms with Crippen LogP contribution in [0.4, 0.5) is 0 Å². The Morgan fingerprint density at radius 3 is 3.00 bits per heavy atom. The maximum Gasteiger partial charge on any atom is 0.262 e. The lowest BCUT2D eigenvalue weighted by Crippen LogP contribution is -1.83. The number of H-pyrrole nitrogens is 1. The van der Waals surface area contributed by atoms with Crippen molar-refractivity contribution in [2.24, 2.45) is 0 Å². The van der Waals surface area contributed by atoms with Crippen LogP contribution in [0.15, 0.2) is 45.8 Å². The molecule has 0 atom stereocenters. The van der Waals surface area contributed by atoms with E-state index in [0.717, 1.165) is 16.5 Å². The van der Waals surface area contributed by atoms with Crippen molar-refractivity contribution in [2.75, 3.05) is 0 Å². The van der Waals surface area contributed by atoms with Gasteiger partial charge < -0.3 is 8.94 Å². The number of aromatic amines is 1. The van der Waals surface area contributed by atoms with Crippen LogP contribution in [-0.4, -0.2) is 25.3 Å². The summed E-state index contributed by atoms with van der Waals surface area (Å²) in [5.74, 6) is 1.21. The van der Waals surface area contributed by atoms with Crippen LogP contribution in [0.5, 0.6) is 0 Å². The summed E-state index contributed by atoms with van der Waals surface area (Å²) in [5, 5.41) is 11.2. The van der Waals surface area contributed by atoms with Crippen LogP contribution < -0.4 is 0 Å². The summed E-state index contributed by atoms with van der Waals surface area (Å²) >= 11 is 0. The summed E-state index contributed by atoms with van der Waals surface area (Å²) in [4.78, 5) is 8.24. The second-order valence-corrected chi connectivity index (χ2v) is 3.90. The number of aromatic nitrogens is 5. The minimum Gasteiger partial charge on any atom is -0.463 e. The number of fused-ring (bicyclic) bond motifs is 1. The number of nitrogens with zero attached hydrogens (tertiary/aromatic N) is 4. The molecule has 0 fully saturated rings. The molecule has 4 rings (SSSR count). The van der Waals surface area contributed by atoms with Gasteiger partial charge in [-0.15, -0.1) is 0 Å². The molecule has 0 aliphatic carbocycles. The van der Waals surface area contributed by atoms with Crippen LogP contribution in [0, 0.1) is 0 Å². The molecule has 7 heteroatoms. The van der Waals surface area contributed by atoms with Gasteiger partial charge in [0, 0.05) is 5.39 Å². The molecule has 7 nitrogen and oxygen atoms in total. The summed E-state index contributed by atoms with van der Waals surface area (Å²) in [6.07, 6.45) is 2.99. The van der Waals surface area contributed by atoms with Gasteiger partial charge in [-0.25, -0.2) is 4.98 Å². The minimum atomic E-state index is 0.359. The third-order valence-electron chi connectivity index (χ3n) is 2.76. The molecule has 0 radical (unpaired) electrons. The summed E-state index contributed by atoms with van der Waals surface area (Å²) in [5.41, 5.74) is 1.53. The van der Waals surface area contributed by atoms with Gasteiger partial charge in [0.15, 0.2) is 5.82 Å². The molecule has 3 heterocycles. The first-order valence-corrected chi connectivity index (χ1v) is 5.58. The Morgan fingerprint density at radius 1 is 1.16 bits per heavy atom. The lowest BCUT2D eigenvalue weighted by molar-refractivity contribution is 0.431. The Kier molecular flexibility index (Phi) is 1.99. The molecule has 0 saturated heterocycles. The van der Waals surface area contributed by atoms with E-state index in [9.17, 15) is 0 Å². The Bertz CT molecular complexity index is 831. The van der Waals surface area contributed by atoms with Gasteiger partial charge in [-0.2, -0.15) is 10.1 Å². The first-order chi connectivity index (χ1) is 9.42. The summed E-state index contributed by atoms with van der Waals surface area (Å²) < 4.78 is 10.7. The van der Waals surface area contributed by atoms with Crippen LogP contribution in [0.25, 0.3) is 34.1 Å². The van der Waals surface area contributed by atoms with Gasteiger partial charge >= 0.3 is 0 Å². The fourth-order valence-corrected chi connectivity index (χ4v) is 1.89. The van der Waals surface area contributed by atoms with E-state index in [1.807, 2.05) is 24.3 Å². The molecule has 0 spiro atoms. The first-order valence-electron chi connectivity index (χ1n) is 5.58. The number of hydrogen-bond donors (Lipinski definition) is 1. The van der Waals surface area contributed by atoms with Crippen LogP contribution in [0.2, 0.25) is 0 Å². The largest absolute Gasteiger partial charge is 0.463 e. The molecular formula is C12H7N5O2. The second-order valence-electron chi connectivity index (χ2n) is 3.90. The molecule has 0 saturated carbocycles. The average Bonchev–Trinajstić information content (AvgIpc) is 3.18. The zero-order chi connectivity index (χ0) is 12.7. The van der Waals surface area contributed by atoms with Gasteiger partial charge in [-0.05, 0) is 6.07 Å². The van der Waals surface area contributed by atoms with Gasteiger partial charge in [0.05, 0.1) is 5.56 Å². The van der Waals surface area contributed by atoms with Crippen molar-refractivity contribution in [1.82, 2.24) is 25.3 Å². The van der Waals surface area contributed by atoms with Crippen LogP contribution in [-0.2, 0) is 0 Å². The second kappa shape index (κ2) is 3.77. The Labute approximate surface area is 106 Å². The number of nitrogens with one attached hydrogen (secondary N) is 1. The molecule has 0 aliphatic rings. The van der Waals surface area contributed by atoms with Crippen molar-refractivity contribution in [3.63, 3.8) is 0 Å². The van der Waals surface area contributed by atoms with E-state index in [1.165, 1.54) is 6.33 Å². The molecule has 19 heavy (non-hydrogen) atoms. The van der Waals surface area contributed by atoms with Crippen molar-refractivity contribution < 1.29 is 8.94 Å². The van der Waals surface area contributed by atoms with Crippen LogP contribution in [0.1, 0.15) is 0 Å². The monoisotopic (exact) mass is 253 g/mol. The van der Waals surface area contributed by atoms with E-state index in [0.29, 0.717) is 17.5 Å². The average molecular weight is 253 g/mol. The summed E-state index contributed by atoms with van der Waals surface area (Å²) in [7, 11) is 0. The van der Waals surface area contributed by atoms with Crippen molar-refractivity contribution >= 4 is 11.0 Å². The highest BCUT2D eigenvalue weighted by Gasteiger charge is 2.16. The molecule has 0 amide bonds. The molecule has 4 aromatic rings. The SMILES string of the molecule is c1ccc2c(-c3nc(-c4ncn[nH]4)no3)coc2c1. The van der Waals surface area contributed by atoms with Crippen molar-refractivity contribution in [3.05, 3.63) is 36.9 Å². The third kappa shape index (κ3) is 1.52. The van der Waals surface area contributed by atoms with E-state index in [2.05, 4.69) is 25.3 Å². The van der Waals surface area contributed by atoms with E-state index in [4.69, 9.17) is 8.94 Å².